The summed E-state index contributed by atoms with van der Waals surface area (Å²) in [5, 5.41) is 20.5. The van der Waals surface area contributed by atoms with E-state index in [0.29, 0.717) is 11.5 Å². The van der Waals surface area contributed by atoms with E-state index < -0.39 is 7.12 Å². The van der Waals surface area contributed by atoms with Crippen molar-refractivity contribution in [3.63, 3.8) is 0 Å². The Morgan fingerprint density at radius 3 is 2.45 bits per heavy atom. The van der Waals surface area contributed by atoms with Crippen LogP contribution in [0.3, 0.4) is 0 Å². The molecule has 4 nitrogen and oxygen atoms in total. The SMILES string of the molecule is C=C(C)O/N=C(/C)CB(O)O. The molecule has 0 aromatic rings. The van der Waals surface area contributed by atoms with E-state index in [0.717, 1.165) is 0 Å². The third-order valence-electron chi connectivity index (χ3n) is 0.835. The van der Waals surface area contributed by atoms with Crippen LogP contribution in [0, 0.1) is 0 Å². The fourth-order valence-corrected chi connectivity index (χ4v) is 0.457. The van der Waals surface area contributed by atoms with Crippen molar-refractivity contribution >= 4 is 12.8 Å². The highest BCUT2D eigenvalue weighted by Crippen LogP contribution is 1.95. The predicted octanol–water partition coefficient (Wildman–Crippen LogP) is 0.385. The van der Waals surface area contributed by atoms with Gasteiger partial charge in [0, 0.05) is 6.32 Å². The van der Waals surface area contributed by atoms with Crippen LogP contribution in [0.25, 0.3) is 0 Å². The Labute approximate surface area is 66.3 Å². The zero-order chi connectivity index (χ0) is 8.85. The van der Waals surface area contributed by atoms with Gasteiger partial charge in [0.1, 0.15) is 5.76 Å². The molecule has 0 aromatic heterocycles. The predicted molar refractivity (Wildman–Crippen MR) is 44.0 cm³/mol. The second kappa shape index (κ2) is 4.93. The summed E-state index contributed by atoms with van der Waals surface area (Å²) in [6, 6.07) is 0. The largest absolute Gasteiger partial charge is 0.457 e. The average Bonchev–Trinajstić information content (AvgIpc) is 1.82. The van der Waals surface area contributed by atoms with Crippen LogP contribution in [0.2, 0.25) is 6.32 Å². The monoisotopic (exact) mass is 157 g/mol. The van der Waals surface area contributed by atoms with Gasteiger partial charge >= 0.3 is 7.12 Å². The number of hydrogen-bond acceptors (Lipinski definition) is 4. The Balaban J connectivity index is 3.72. The van der Waals surface area contributed by atoms with E-state index in [1.165, 1.54) is 0 Å². The summed E-state index contributed by atoms with van der Waals surface area (Å²) >= 11 is 0. The molecule has 0 fully saturated rings. The normalized spacial score (nSPS) is 11.1. The second-order valence-corrected chi connectivity index (χ2v) is 2.30. The van der Waals surface area contributed by atoms with Gasteiger partial charge in [0.2, 0.25) is 0 Å². The molecule has 0 heterocycles. The third kappa shape index (κ3) is 7.09. The first-order valence-corrected chi connectivity index (χ1v) is 3.24. The van der Waals surface area contributed by atoms with E-state index in [9.17, 15) is 0 Å². The maximum absolute atomic E-state index is 8.48. The van der Waals surface area contributed by atoms with Crippen molar-refractivity contribution < 1.29 is 14.9 Å². The first-order chi connectivity index (χ1) is 5.02. The summed E-state index contributed by atoms with van der Waals surface area (Å²) < 4.78 is 0. The van der Waals surface area contributed by atoms with E-state index in [2.05, 4.69) is 16.6 Å². The summed E-state index contributed by atoms with van der Waals surface area (Å²) in [5.74, 6) is 0.469. The van der Waals surface area contributed by atoms with Crippen LogP contribution in [0.4, 0.5) is 0 Å². The van der Waals surface area contributed by atoms with Crippen molar-refractivity contribution in [2.24, 2.45) is 5.16 Å². The van der Waals surface area contributed by atoms with E-state index in [1.807, 2.05) is 0 Å². The second-order valence-electron chi connectivity index (χ2n) is 2.30. The molecule has 0 bridgehead atoms. The van der Waals surface area contributed by atoms with Gasteiger partial charge < -0.3 is 14.9 Å². The Morgan fingerprint density at radius 1 is 1.55 bits per heavy atom. The van der Waals surface area contributed by atoms with Gasteiger partial charge in [-0.25, -0.2) is 0 Å². The Morgan fingerprint density at radius 2 is 2.09 bits per heavy atom. The summed E-state index contributed by atoms with van der Waals surface area (Å²) in [5.41, 5.74) is 0.517. The molecule has 0 rings (SSSR count). The molecule has 0 aliphatic rings. The van der Waals surface area contributed by atoms with E-state index in [4.69, 9.17) is 10.0 Å². The van der Waals surface area contributed by atoms with Gasteiger partial charge in [-0.3, -0.25) is 0 Å². The van der Waals surface area contributed by atoms with Crippen LogP contribution in [0.15, 0.2) is 17.5 Å². The van der Waals surface area contributed by atoms with Gasteiger partial charge in [0.05, 0.1) is 5.71 Å². The molecule has 2 N–H and O–H groups in total. The molecule has 62 valence electrons. The van der Waals surface area contributed by atoms with Crippen molar-refractivity contribution in [2.45, 2.75) is 20.2 Å². The highest BCUT2D eigenvalue weighted by Gasteiger charge is 2.08. The fraction of sp³-hybridized carbons (Fsp3) is 0.500. The summed E-state index contributed by atoms with van der Waals surface area (Å²) in [6.45, 7) is 6.75. The standard InChI is InChI=1S/C6H12BNO3/c1-5(2)11-8-6(3)4-7(9)10/h9-10H,1,4H2,2-3H3/b8-6-. The molecule has 0 aromatic carbocycles. The van der Waals surface area contributed by atoms with Gasteiger partial charge in [0.25, 0.3) is 0 Å². The van der Waals surface area contributed by atoms with Crippen LogP contribution in [-0.4, -0.2) is 22.9 Å². The van der Waals surface area contributed by atoms with Crippen LogP contribution < -0.4 is 0 Å². The molecule has 11 heavy (non-hydrogen) atoms. The van der Waals surface area contributed by atoms with Gasteiger partial charge in [-0.2, -0.15) is 0 Å². The number of hydrogen-bond donors (Lipinski definition) is 2. The molecule has 0 aliphatic heterocycles. The van der Waals surface area contributed by atoms with E-state index in [1.54, 1.807) is 13.8 Å². The number of nitrogens with zero attached hydrogens (tertiary/aromatic N) is 1. The number of oxime groups is 1. The fourth-order valence-electron chi connectivity index (χ4n) is 0.457. The molecular weight excluding hydrogens is 145 g/mol. The van der Waals surface area contributed by atoms with Crippen molar-refractivity contribution in [1.82, 2.24) is 0 Å². The highest BCUT2D eigenvalue weighted by molar-refractivity contribution is 6.46. The molecule has 0 aliphatic carbocycles. The lowest BCUT2D eigenvalue weighted by molar-refractivity contribution is 0.230. The zero-order valence-corrected chi connectivity index (χ0v) is 6.74. The highest BCUT2D eigenvalue weighted by atomic mass is 16.6. The van der Waals surface area contributed by atoms with Gasteiger partial charge in [-0.1, -0.05) is 11.7 Å². The summed E-state index contributed by atoms with van der Waals surface area (Å²) in [6.07, 6.45) is 0.0906. The molecule has 0 amide bonds. The molecule has 0 unspecified atom stereocenters. The lowest BCUT2D eigenvalue weighted by atomic mass is 9.84. The minimum atomic E-state index is -1.37. The van der Waals surface area contributed by atoms with Crippen molar-refractivity contribution in [3.05, 3.63) is 12.3 Å². The van der Waals surface area contributed by atoms with Crippen LogP contribution in [0.1, 0.15) is 13.8 Å². The van der Waals surface area contributed by atoms with Gasteiger partial charge in [-0.05, 0) is 13.8 Å². The quantitative estimate of drug-likeness (QED) is 0.268. The summed E-state index contributed by atoms with van der Waals surface area (Å²) in [4.78, 5) is 4.68. The Kier molecular flexibility index (Phi) is 4.57. The first-order valence-electron chi connectivity index (χ1n) is 3.24. The van der Waals surface area contributed by atoms with Crippen molar-refractivity contribution in [3.8, 4) is 0 Å². The zero-order valence-electron chi connectivity index (χ0n) is 6.74. The van der Waals surface area contributed by atoms with Crippen molar-refractivity contribution in [2.75, 3.05) is 0 Å². The van der Waals surface area contributed by atoms with Crippen LogP contribution in [-0.2, 0) is 4.84 Å². The molecule has 0 radical (unpaired) electrons. The Bertz CT molecular complexity index is 167. The topological polar surface area (TPSA) is 62.0 Å². The van der Waals surface area contributed by atoms with E-state index >= 15 is 0 Å². The Hall–Kier alpha value is -0.805. The third-order valence-corrected chi connectivity index (χ3v) is 0.835. The van der Waals surface area contributed by atoms with Crippen LogP contribution in [0.5, 0.6) is 0 Å². The maximum atomic E-state index is 8.48. The van der Waals surface area contributed by atoms with E-state index in [-0.39, 0.29) is 6.32 Å². The molecule has 0 saturated carbocycles. The lowest BCUT2D eigenvalue weighted by Gasteiger charge is -1.98. The maximum Gasteiger partial charge on any atom is 0.457 e. The molecular formula is C6H12BNO3. The van der Waals surface area contributed by atoms with Gasteiger partial charge in [-0.15, -0.1) is 0 Å². The minimum absolute atomic E-state index is 0.0906. The molecule has 5 heteroatoms. The first kappa shape index (κ1) is 10.2. The molecule has 0 atom stereocenters. The summed E-state index contributed by atoms with van der Waals surface area (Å²) in [7, 11) is -1.37. The van der Waals surface area contributed by atoms with Crippen molar-refractivity contribution in [1.29, 1.82) is 0 Å². The molecule has 0 spiro atoms. The number of rotatable bonds is 4. The van der Waals surface area contributed by atoms with Gasteiger partial charge in [0.15, 0.2) is 0 Å². The number of allylic oxidation sites excluding steroid dienone is 1. The smallest absolute Gasteiger partial charge is 0.427 e. The van der Waals surface area contributed by atoms with Crippen LogP contribution >= 0.6 is 0 Å². The lowest BCUT2D eigenvalue weighted by Crippen LogP contribution is -2.14. The molecule has 0 saturated heterocycles. The minimum Gasteiger partial charge on any atom is -0.427 e. The average molecular weight is 157 g/mol.